The van der Waals surface area contributed by atoms with Crippen LogP contribution < -0.4 is 15.5 Å². The van der Waals surface area contributed by atoms with Gasteiger partial charge in [0, 0.05) is 54.8 Å². The van der Waals surface area contributed by atoms with Gasteiger partial charge in [-0.1, -0.05) is 6.07 Å². The molecule has 6 heteroatoms. The minimum absolute atomic E-state index is 0.249. The van der Waals surface area contributed by atoms with Crippen molar-refractivity contribution in [1.29, 1.82) is 0 Å². The van der Waals surface area contributed by atoms with Crippen LogP contribution in [0, 0.1) is 5.82 Å². The van der Waals surface area contributed by atoms with Crippen molar-refractivity contribution in [1.82, 2.24) is 4.98 Å². The Morgan fingerprint density at radius 3 is 2.75 bits per heavy atom. The molecule has 0 fully saturated rings. The number of benzene rings is 2. The molecule has 0 saturated heterocycles. The number of carbonyl (C=O) groups excluding carboxylic acids is 1. The topological polar surface area (TPSA) is 57.3 Å². The lowest BCUT2D eigenvalue weighted by atomic mass is 10.1. The van der Waals surface area contributed by atoms with Gasteiger partial charge in [-0.05, 0) is 54.1 Å². The average Bonchev–Trinajstić information content (AvgIpc) is 3.02. The standard InChI is InChI=1S/C22H19FN4O/c1-27(14-15-3-2-10-24-12-15)18-7-5-17(6-8-18)25-13-20-19-11-16(23)4-9-21(19)26-22(20)28/h2-13,25H,14H2,1H3,(H,26,28). The molecule has 0 bridgehead atoms. The summed E-state index contributed by atoms with van der Waals surface area (Å²) in [5, 5.41) is 5.85. The van der Waals surface area contributed by atoms with E-state index in [2.05, 4.69) is 20.5 Å². The molecule has 4 rings (SSSR count). The number of amides is 1. The van der Waals surface area contributed by atoms with Crippen LogP contribution in [0.25, 0.3) is 5.57 Å². The Balaban J connectivity index is 1.46. The van der Waals surface area contributed by atoms with Gasteiger partial charge in [-0.2, -0.15) is 0 Å². The lowest BCUT2D eigenvalue weighted by Crippen LogP contribution is -2.16. The van der Waals surface area contributed by atoms with Gasteiger partial charge >= 0.3 is 0 Å². The predicted octanol–water partition coefficient (Wildman–Crippen LogP) is 4.26. The van der Waals surface area contributed by atoms with Crippen LogP contribution in [0.1, 0.15) is 11.1 Å². The molecule has 0 saturated carbocycles. The Labute approximate surface area is 162 Å². The second kappa shape index (κ2) is 7.52. The molecule has 140 valence electrons. The van der Waals surface area contributed by atoms with Crippen LogP contribution in [0.3, 0.4) is 0 Å². The molecular formula is C22H19FN4O. The number of pyridine rings is 1. The molecule has 5 nitrogen and oxygen atoms in total. The van der Waals surface area contributed by atoms with Gasteiger partial charge in [0.15, 0.2) is 0 Å². The molecule has 28 heavy (non-hydrogen) atoms. The van der Waals surface area contributed by atoms with Crippen molar-refractivity contribution in [3.8, 4) is 0 Å². The van der Waals surface area contributed by atoms with Crippen LogP contribution in [0.15, 0.2) is 73.2 Å². The van der Waals surface area contributed by atoms with Crippen LogP contribution in [-0.4, -0.2) is 17.9 Å². The zero-order valence-electron chi connectivity index (χ0n) is 15.3. The smallest absolute Gasteiger partial charge is 0.257 e. The number of nitrogens with zero attached hydrogens (tertiary/aromatic N) is 2. The van der Waals surface area contributed by atoms with Crippen LogP contribution in [-0.2, 0) is 11.3 Å². The summed E-state index contributed by atoms with van der Waals surface area (Å²) in [6.45, 7) is 0.757. The van der Waals surface area contributed by atoms with E-state index in [0.717, 1.165) is 23.5 Å². The second-order valence-electron chi connectivity index (χ2n) is 6.61. The van der Waals surface area contributed by atoms with E-state index in [1.807, 2.05) is 49.6 Å². The predicted molar refractivity (Wildman–Crippen MR) is 109 cm³/mol. The van der Waals surface area contributed by atoms with E-state index in [1.165, 1.54) is 12.1 Å². The fourth-order valence-corrected chi connectivity index (χ4v) is 3.13. The summed E-state index contributed by atoms with van der Waals surface area (Å²) >= 11 is 0. The highest BCUT2D eigenvalue weighted by Gasteiger charge is 2.24. The fraction of sp³-hybridized carbons (Fsp3) is 0.0909. The number of anilines is 3. The van der Waals surface area contributed by atoms with Crippen molar-refractivity contribution in [2.45, 2.75) is 6.54 Å². The summed E-state index contributed by atoms with van der Waals surface area (Å²) in [6.07, 6.45) is 5.22. The SMILES string of the molecule is CN(Cc1cccnc1)c1ccc(NC=C2C(=O)Nc3ccc(F)cc32)cc1. The normalized spacial score (nSPS) is 13.9. The van der Waals surface area contributed by atoms with Crippen molar-refractivity contribution in [3.05, 3.63) is 90.1 Å². The molecule has 0 aliphatic carbocycles. The third-order valence-electron chi connectivity index (χ3n) is 4.60. The van der Waals surface area contributed by atoms with E-state index in [0.29, 0.717) is 16.8 Å². The third-order valence-corrected chi connectivity index (χ3v) is 4.60. The molecule has 1 amide bonds. The summed E-state index contributed by atoms with van der Waals surface area (Å²) in [7, 11) is 2.02. The molecule has 2 heterocycles. The summed E-state index contributed by atoms with van der Waals surface area (Å²) in [5.74, 6) is -0.622. The van der Waals surface area contributed by atoms with Gasteiger partial charge in [-0.3, -0.25) is 9.78 Å². The number of hydrogen-bond acceptors (Lipinski definition) is 4. The minimum Gasteiger partial charge on any atom is -0.370 e. The Bertz CT molecular complexity index is 1030. The molecular weight excluding hydrogens is 355 g/mol. The molecule has 0 radical (unpaired) electrons. The molecule has 2 N–H and O–H groups in total. The summed E-state index contributed by atoms with van der Waals surface area (Å²) in [4.78, 5) is 18.4. The number of halogens is 1. The lowest BCUT2D eigenvalue weighted by Gasteiger charge is -2.19. The average molecular weight is 374 g/mol. The van der Waals surface area contributed by atoms with Crippen LogP contribution in [0.4, 0.5) is 21.5 Å². The molecule has 1 aliphatic heterocycles. The number of carbonyl (C=O) groups is 1. The number of aromatic nitrogens is 1. The third kappa shape index (κ3) is 3.71. The number of rotatable bonds is 5. The Hall–Kier alpha value is -3.67. The largest absolute Gasteiger partial charge is 0.370 e. The van der Waals surface area contributed by atoms with Crippen molar-refractivity contribution >= 4 is 28.5 Å². The number of hydrogen-bond donors (Lipinski definition) is 2. The Morgan fingerprint density at radius 2 is 2.00 bits per heavy atom. The maximum atomic E-state index is 13.5. The van der Waals surface area contributed by atoms with Gasteiger partial charge in [-0.25, -0.2) is 4.39 Å². The zero-order chi connectivity index (χ0) is 19.5. The molecule has 0 unspecified atom stereocenters. The highest BCUT2D eigenvalue weighted by Crippen LogP contribution is 2.32. The molecule has 3 aromatic rings. The Morgan fingerprint density at radius 1 is 1.18 bits per heavy atom. The van der Waals surface area contributed by atoms with Gasteiger partial charge < -0.3 is 15.5 Å². The van der Waals surface area contributed by atoms with Crippen LogP contribution >= 0.6 is 0 Å². The first-order chi connectivity index (χ1) is 13.6. The van der Waals surface area contributed by atoms with Crippen LogP contribution in [0.2, 0.25) is 0 Å². The maximum absolute atomic E-state index is 13.5. The highest BCUT2D eigenvalue weighted by molar-refractivity contribution is 6.31. The van der Waals surface area contributed by atoms with E-state index in [1.54, 1.807) is 18.5 Å². The van der Waals surface area contributed by atoms with Gasteiger partial charge in [0.05, 0.1) is 5.57 Å². The van der Waals surface area contributed by atoms with E-state index >= 15 is 0 Å². The summed E-state index contributed by atoms with van der Waals surface area (Å²) < 4.78 is 13.5. The fourth-order valence-electron chi connectivity index (χ4n) is 3.13. The molecule has 0 atom stereocenters. The Kier molecular flexibility index (Phi) is 4.76. The molecule has 0 spiro atoms. The van der Waals surface area contributed by atoms with E-state index < -0.39 is 0 Å². The number of nitrogens with one attached hydrogen (secondary N) is 2. The van der Waals surface area contributed by atoms with Crippen LogP contribution in [0.5, 0.6) is 0 Å². The van der Waals surface area contributed by atoms with Crippen molar-refractivity contribution in [2.24, 2.45) is 0 Å². The molecule has 1 aliphatic rings. The van der Waals surface area contributed by atoms with E-state index in [9.17, 15) is 9.18 Å². The van der Waals surface area contributed by atoms with Crippen molar-refractivity contribution < 1.29 is 9.18 Å². The second-order valence-corrected chi connectivity index (χ2v) is 6.61. The zero-order valence-corrected chi connectivity index (χ0v) is 15.3. The monoisotopic (exact) mass is 374 g/mol. The summed E-state index contributed by atoms with van der Waals surface area (Å²) in [5.41, 5.74) is 4.62. The van der Waals surface area contributed by atoms with Gasteiger partial charge in [-0.15, -0.1) is 0 Å². The molecule has 2 aromatic carbocycles. The van der Waals surface area contributed by atoms with Gasteiger partial charge in [0.25, 0.3) is 5.91 Å². The highest BCUT2D eigenvalue weighted by atomic mass is 19.1. The van der Waals surface area contributed by atoms with Gasteiger partial charge in [0.2, 0.25) is 0 Å². The van der Waals surface area contributed by atoms with Crippen molar-refractivity contribution in [2.75, 3.05) is 22.6 Å². The first-order valence-electron chi connectivity index (χ1n) is 8.88. The van der Waals surface area contributed by atoms with Crippen molar-refractivity contribution in [3.63, 3.8) is 0 Å². The molecule has 1 aromatic heterocycles. The number of fused-ring (bicyclic) bond motifs is 1. The quantitative estimate of drug-likeness (QED) is 0.655. The summed E-state index contributed by atoms with van der Waals surface area (Å²) in [6, 6.07) is 16.1. The van der Waals surface area contributed by atoms with E-state index in [4.69, 9.17) is 0 Å². The maximum Gasteiger partial charge on any atom is 0.257 e. The first-order valence-corrected chi connectivity index (χ1v) is 8.88. The minimum atomic E-state index is -0.373. The lowest BCUT2D eigenvalue weighted by molar-refractivity contribution is -0.110. The van der Waals surface area contributed by atoms with Gasteiger partial charge in [0.1, 0.15) is 5.82 Å². The first kappa shape index (κ1) is 17.7. The van der Waals surface area contributed by atoms with E-state index in [-0.39, 0.29) is 11.7 Å².